The number of rotatable bonds is 11. The monoisotopic (exact) mass is 667 g/mol. The molecule has 1 atom stereocenters. The van der Waals surface area contributed by atoms with Crippen molar-refractivity contribution >= 4 is 55.1 Å². The normalized spacial score (nSPS) is 11.9. The first-order valence-electron chi connectivity index (χ1n) is 13.2. The molecule has 0 bridgehead atoms. The molecule has 0 saturated heterocycles. The summed E-state index contributed by atoms with van der Waals surface area (Å²) in [5.41, 5.74) is 2.42. The minimum Gasteiger partial charge on any atom is -0.357 e. The van der Waals surface area contributed by atoms with E-state index >= 15 is 0 Å². The fraction of sp³-hybridized carbons (Fsp3) is 0.188. The number of sulfonamides is 1. The molecule has 2 amide bonds. The molecule has 4 aromatic rings. The van der Waals surface area contributed by atoms with Crippen LogP contribution in [0, 0.1) is 6.92 Å². The Labute approximate surface area is 260 Å². The van der Waals surface area contributed by atoms with Gasteiger partial charge in [-0.2, -0.15) is 0 Å². The molecular weight excluding hydrogens is 638 g/mol. The van der Waals surface area contributed by atoms with Crippen LogP contribution in [0.3, 0.4) is 0 Å². The first-order valence-corrected chi connectivity index (χ1v) is 15.8. The van der Waals surface area contributed by atoms with Crippen molar-refractivity contribution in [3.8, 4) is 0 Å². The van der Waals surface area contributed by atoms with Gasteiger partial charge in [0.25, 0.3) is 10.0 Å². The van der Waals surface area contributed by atoms with Crippen molar-refractivity contribution in [1.82, 2.24) is 10.2 Å². The van der Waals surface area contributed by atoms with Gasteiger partial charge in [0.05, 0.1) is 10.6 Å². The lowest BCUT2D eigenvalue weighted by molar-refractivity contribution is -0.139. The number of amides is 2. The molecule has 4 aromatic carbocycles. The highest BCUT2D eigenvalue weighted by molar-refractivity contribution is 9.10. The van der Waals surface area contributed by atoms with E-state index in [0.29, 0.717) is 10.6 Å². The van der Waals surface area contributed by atoms with Crippen LogP contribution < -0.4 is 9.62 Å². The summed E-state index contributed by atoms with van der Waals surface area (Å²) in [5.74, 6) is -0.906. The van der Waals surface area contributed by atoms with Crippen LogP contribution in [0.5, 0.6) is 0 Å². The number of carbonyl (C=O) groups is 2. The Hall–Kier alpha value is -3.66. The summed E-state index contributed by atoms with van der Waals surface area (Å²) in [6.45, 7) is 1.24. The first-order chi connectivity index (χ1) is 20.1. The van der Waals surface area contributed by atoms with Crippen molar-refractivity contribution in [2.24, 2.45) is 0 Å². The average Bonchev–Trinajstić information content (AvgIpc) is 2.99. The van der Waals surface area contributed by atoms with Gasteiger partial charge in [0.1, 0.15) is 12.6 Å². The molecule has 218 valence electrons. The number of nitrogens with one attached hydrogen (secondary N) is 1. The van der Waals surface area contributed by atoms with E-state index in [0.717, 1.165) is 19.9 Å². The van der Waals surface area contributed by atoms with Crippen LogP contribution in [0.1, 0.15) is 16.7 Å². The van der Waals surface area contributed by atoms with E-state index in [4.69, 9.17) is 11.6 Å². The predicted molar refractivity (Wildman–Crippen MR) is 170 cm³/mol. The Bertz CT molecular complexity index is 1650. The molecule has 4 rings (SSSR count). The van der Waals surface area contributed by atoms with Gasteiger partial charge in [-0.05, 0) is 60.0 Å². The van der Waals surface area contributed by atoms with Gasteiger partial charge in [-0.3, -0.25) is 13.9 Å². The van der Waals surface area contributed by atoms with Crippen molar-refractivity contribution in [3.63, 3.8) is 0 Å². The largest absolute Gasteiger partial charge is 0.357 e. The van der Waals surface area contributed by atoms with E-state index in [9.17, 15) is 18.0 Å². The Morgan fingerprint density at radius 1 is 0.881 bits per heavy atom. The van der Waals surface area contributed by atoms with Crippen molar-refractivity contribution < 1.29 is 18.0 Å². The van der Waals surface area contributed by atoms with Crippen molar-refractivity contribution in [1.29, 1.82) is 0 Å². The molecule has 42 heavy (non-hydrogen) atoms. The third-order valence-electron chi connectivity index (χ3n) is 6.88. The molecule has 0 radical (unpaired) electrons. The van der Waals surface area contributed by atoms with Gasteiger partial charge in [-0.1, -0.05) is 94.3 Å². The van der Waals surface area contributed by atoms with Gasteiger partial charge >= 0.3 is 0 Å². The number of anilines is 1. The van der Waals surface area contributed by atoms with Gasteiger partial charge < -0.3 is 10.2 Å². The lowest BCUT2D eigenvalue weighted by atomic mass is 10.0. The second-order valence-electron chi connectivity index (χ2n) is 9.68. The molecule has 0 aromatic heterocycles. The molecule has 0 fully saturated rings. The van der Waals surface area contributed by atoms with Crippen LogP contribution in [-0.2, 0) is 32.6 Å². The van der Waals surface area contributed by atoms with Crippen LogP contribution >= 0.6 is 27.5 Å². The second-order valence-corrected chi connectivity index (χ2v) is 12.9. The van der Waals surface area contributed by atoms with Gasteiger partial charge in [0.15, 0.2) is 0 Å². The molecule has 0 unspecified atom stereocenters. The van der Waals surface area contributed by atoms with Gasteiger partial charge in [0.2, 0.25) is 11.8 Å². The van der Waals surface area contributed by atoms with Crippen LogP contribution in [-0.4, -0.2) is 44.8 Å². The molecule has 0 spiro atoms. The minimum atomic E-state index is -4.19. The molecule has 7 nitrogen and oxygen atoms in total. The number of carbonyl (C=O) groups excluding carboxylic acids is 2. The third kappa shape index (κ3) is 7.40. The second kappa shape index (κ2) is 14.0. The molecule has 0 aliphatic heterocycles. The Balaban J connectivity index is 1.81. The van der Waals surface area contributed by atoms with Crippen LogP contribution in [0.4, 0.5) is 5.69 Å². The Morgan fingerprint density at radius 2 is 1.50 bits per heavy atom. The number of halogens is 2. The maximum atomic E-state index is 14.3. The number of hydrogen-bond acceptors (Lipinski definition) is 4. The number of hydrogen-bond donors (Lipinski definition) is 1. The standard InChI is InChI=1S/C32H31BrClN3O4S/c1-23-28(34)17-10-18-29(23)37(42(40,41)27-15-7-4-8-16-27)22-31(38)36(21-25-13-9-14-26(33)19-25)30(32(39)35-2)20-24-11-5-3-6-12-24/h3-19,30H,20-22H2,1-2H3,(H,35,39)/t30-/m0/s1. The summed E-state index contributed by atoms with van der Waals surface area (Å²) in [6, 6.07) is 28.8. The summed E-state index contributed by atoms with van der Waals surface area (Å²) in [4.78, 5) is 29.1. The topological polar surface area (TPSA) is 86.8 Å². The Morgan fingerprint density at radius 3 is 2.14 bits per heavy atom. The minimum absolute atomic E-state index is 0.0304. The molecular formula is C32H31BrClN3O4S. The number of benzene rings is 4. The van der Waals surface area contributed by atoms with E-state index in [-0.39, 0.29) is 29.5 Å². The average molecular weight is 669 g/mol. The van der Waals surface area contributed by atoms with Crippen LogP contribution in [0.25, 0.3) is 0 Å². The van der Waals surface area contributed by atoms with E-state index in [1.54, 1.807) is 43.3 Å². The predicted octanol–water partition coefficient (Wildman–Crippen LogP) is 5.99. The highest BCUT2D eigenvalue weighted by Crippen LogP contribution is 2.31. The van der Waals surface area contributed by atoms with E-state index < -0.39 is 28.5 Å². The highest BCUT2D eigenvalue weighted by atomic mass is 79.9. The lowest BCUT2D eigenvalue weighted by Gasteiger charge is -2.34. The Kier molecular flexibility index (Phi) is 10.4. The van der Waals surface area contributed by atoms with Crippen LogP contribution in [0.2, 0.25) is 5.02 Å². The molecule has 0 aliphatic carbocycles. The first kappa shape index (κ1) is 31.3. The van der Waals surface area contributed by atoms with Gasteiger partial charge in [0, 0.05) is 29.5 Å². The fourth-order valence-electron chi connectivity index (χ4n) is 4.65. The van der Waals surface area contributed by atoms with Crippen molar-refractivity contribution in [2.45, 2.75) is 30.8 Å². The maximum absolute atomic E-state index is 14.3. The maximum Gasteiger partial charge on any atom is 0.264 e. The van der Waals surface area contributed by atoms with Gasteiger partial charge in [-0.15, -0.1) is 0 Å². The molecule has 0 aliphatic rings. The summed E-state index contributed by atoms with van der Waals surface area (Å²) < 4.78 is 30.0. The number of likely N-dealkylation sites (N-methyl/N-ethyl adjacent to an activating group) is 1. The zero-order valence-corrected chi connectivity index (χ0v) is 26.4. The zero-order chi connectivity index (χ0) is 30.3. The molecule has 10 heteroatoms. The molecule has 1 N–H and O–H groups in total. The van der Waals surface area contributed by atoms with E-state index in [1.165, 1.54) is 24.1 Å². The fourth-order valence-corrected chi connectivity index (χ4v) is 6.76. The van der Waals surface area contributed by atoms with Crippen molar-refractivity contribution in [3.05, 3.63) is 129 Å². The van der Waals surface area contributed by atoms with Crippen molar-refractivity contribution in [2.75, 3.05) is 17.9 Å². The van der Waals surface area contributed by atoms with Gasteiger partial charge in [-0.25, -0.2) is 8.42 Å². The van der Waals surface area contributed by atoms with Crippen LogP contribution in [0.15, 0.2) is 112 Å². The smallest absolute Gasteiger partial charge is 0.264 e. The zero-order valence-electron chi connectivity index (χ0n) is 23.2. The summed E-state index contributed by atoms with van der Waals surface area (Å²) in [7, 11) is -2.68. The van der Waals surface area contributed by atoms with E-state index in [1.807, 2.05) is 54.6 Å². The lowest BCUT2D eigenvalue weighted by Crippen LogP contribution is -2.53. The SMILES string of the molecule is CNC(=O)[C@H](Cc1ccccc1)N(Cc1cccc(Br)c1)C(=O)CN(c1cccc(Cl)c1C)S(=O)(=O)c1ccccc1. The number of nitrogens with zero attached hydrogens (tertiary/aromatic N) is 2. The van der Waals surface area contributed by atoms with E-state index in [2.05, 4.69) is 21.2 Å². The summed E-state index contributed by atoms with van der Waals surface area (Å²) in [5, 5.41) is 3.05. The molecule has 0 heterocycles. The summed E-state index contributed by atoms with van der Waals surface area (Å²) >= 11 is 9.88. The summed E-state index contributed by atoms with van der Waals surface area (Å²) in [6.07, 6.45) is 0.238. The molecule has 0 saturated carbocycles. The third-order valence-corrected chi connectivity index (χ3v) is 9.55. The quantitative estimate of drug-likeness (QED) is 0.213. The highest BCUT2D eigenvalue weighted by Gasteiger charge is 2.35.